The van der Waals surface area contributed by atoms with Crippen molar-refractivity contribution in [1.29, 1.82) is 0 Å². The molecule has 2 rings (SSSR count). The molecule has 0 aliphatic heterocycles. The molecule has 0 aliphatic carbocycles. The van der Waals surface area contributed by atoms with Crippen molar-refractivity contribution in [1.82, 2.24) is 19.9 Å². The van der Waals surface area contributed by atoms with Gasteiger partial charge in [-0.15, -0.1) is 0 Å². The summed E-state index contributed by atoms with van der Waals surface area (Å²) in [5.41, 5.74) is 11.9. The first-order valence-electron chi connectivity index (χ1n) is 7.67. The quantitative estimate of drug-likeness (QED) is 0.459. The molecule has 0 aromatic carbocycles. The number of ketones is 1. The summed E-state index contributed by atoms with van der Waals surface area (Å²) in [4.78, 5) is 45.1. The number of rotatable bonds is 5. The third-order valence-corrected chi connectivity index (χ3v) is 2.58. The molecule has 0 aliphatic rings. The van der Waals surface area contributed by atoms with E-state index in [1.54, 1.807) is 6.92 Å². The number of hydrogen-bond donors (Lipinski definition) is 3. The van der Waals surface area contributed by atoms with E-state index in [2.05, 4.69) is 34.1 Å². The van der Waals surface area contributed by atoms with E-state index in [-0.39, 0.29) is 24.9 Å². The van der Waals surface area contributed by atoms with Gasteiger partial charge in [0.05, 0.1) is 6.33 Å². The number of imidazole rings is 1. The zero-order chi connectivity index (χ0) is 20.8. The number of nitrogen functional groups attached to an aromatic ring is 2. The molecule has 12 heteroatoms. The Morgan fingerprint density at radius 3 is 2.04 bits per heavy atom. The highest BCUT2D eigenvalue weighted by molar-refractivity contribution is 5.86. The number of hydrogen-bond acceptors (Lipinski definition) is 11. The smallest absolute Gasteiger partial charge is 0.339 e. The van der Waals surface area contributed by atoms with Crippen LogP contribution in [0.3, 0.4) is 0 Å². The van der Waals surface area contributed by atoms with Crippen molar-refractivity contribution in [3.63, 3.8) is 0 Å². The second kappa shape index (κ2) is 13.1. The normalized spacial score (nSPS) is 9.48. The van der Waals surface area contributed by atoms with Crippen LogP contribution in [0, 0.1) is 0 Å². The maximum Gasteiger partial charge on any atom is 0.339 e. The lowest BCUT2D eigenvalue weighted by molar-refractivity contribution is -0.164. The number of carbonyl (C=O) groups excluding carboxylic acids is 3. The van der Waals surface area contributed by atoms with Crippen LogP contribution in [0.25, 0.3) is 11.2 Å². The van der Waals surface area contributed by atoms with E-state index >= 15 is 0 Å². The number of aromatic amines is 1. The van der Waals surface area contributed by atoms with Gasteiger partial charge in [-0.2, -0.15) is 9.97 Å². The van der Waals surface area contributed by atoms with Crippen molar-refractivity contribution in [3.05, 3.63) is 6.33 Å². The molecule has 0 unspecified atom stereocenters. The predicted molar refractivity (Wildman–Crippen MR) is 96.3 cm³/mol. The number of H-pyrrole nitrogens is 1. The number of aromatic nitrogens is 4. The summed E-state index contributed by atoms with van der Waals surface area (Å²) in [6.45, 7) is 2.98. The van der Waals surface area contributed by atoms with Crippen LogP contribution in [0.2, 0.25) is 0 Å². The van der Waals surface area contributed by atoms with Crippen molar-refractivity contribution < 1.29 is 28.6 Å². The number of methoxy groups -OCH3 is 2. The molecule has 0 amide bonds. The lowest BCUT2D eigenvalue weighted by Gasteiger charge is -1.99. The number of Topliss-reactive ketones (excluding diaryl/α,β-unsaturated/α-hetero) is 1. The van der Waals surface area contributed by atoms with E-state index in [0.29, 0.717) is 23.4 Å². The zero-order valence-corrected chi connectivity index (χ0v) is 15.6. The fourth-order valence-electron chi connectivity index (χ4n) is 1.29. The molecule has 2 aromatic heterocycles. The molecule has 150 valence electrons. The largest absolute Gasteiger partial charge is 0.390 e. The molecule has 0 saturated carbocycles. The third kappa shape index (κ3) is 10.5. The Bertz CT molecular complexity index is 731. The average molecular weight is 384 g/mol. The molecule has 5 N–H and O–H groups in total. The zero-order valence-electron chi connectivity index (χ0n) is 15.6. The Morgan fingerprint density at radius 2 is 1.59 bits per heavy atom. The Balaban J connectivity index is 0.000000405. The minimum absolute atomic E-state index is 0.141. The third-order valence-electron chi connectivity index (χ3n) is 2.58. The summed E-state index contributed by atoms with van der Waals surface area (Å²) in [5.74, 6) is -0.707. The van der Waals surface area contributed by atoms with Gasteiger partial charge in [0, 0.05) is 20.6 Å². The molecule has 12 nitrogen and oxygen atoms in total. The van der Waals surface area contributed by atoms with Gasteiger partial charge in [-0.1, -0.05) is 6.92 Å². The molecule has 2 aromatic rings. The van der Waals surface area contributed by atoms with Gasteiger partial charge in [-0.3, -0.25) is 0 Å². The Labute approximate surface area is 155 Å². The van der Waals surface area contributed by atoms with Gasteiger partial charge in [-0.05, 0) is 6.92 Å². The minimum atomic E-state index is -0.713. The number of anilines is 2. The Kier molecular flexibility index (Phi) is 11.6. The molecule has 0 bridgehead atoms. The summed E-state index contributed by atoms with van der Waals surface area (Å²) in [6, 6.07) is 0. The fourth-order valence-corrected chi connectivity index (χ4v) is 1.29. The predicted octanol–water partition coefficient (Wildman–Crippen LogP) is -0.148. The SMILES string of the molecule is CCC(C)=O.COCC(=O)OC(=O)COC.Nc1nc(N)c2[nH]cnc2n1. The van der Waals surface area contributed by atoms with Gasteiger partial charge < -0.3 is 35.5 Å². The number of fused-ring (bicyclic) bond motifs is 1. The van der Waals surface area contributed by atoms with E-state index < -0.39 is 11.9 Å². The fraction of sp³-hybridized carbons (Fsp3) is 0.467. The molecular weight excluding hydrogens is 360 g/mol. The van der Waals surface area contributed by atoms with E-state index in [4.69, 9.17) is 11.5 Å². The van der Waals surface area contributed by atoms with Crippen LogP contribution < -0.4 is 11.5 Å². The van der Waals surface area contributed by atoms with Crippen LogP contribution in [0.15, 0.2) is 6.33 Å². The van der Waals surface area contributed by atoms with Crippen LogP contribution in [-0.2, 0) is 28.6 Å². The number of esters is 2. The molecule has 0 saturated heterocycles. The van der Waals surface area contributed by atoms with Crippen molar-refractivity contribution >= 4 is 40.7 Å². The first-order valence-corrected chi connectivity index (χ1v) is 7.67. The van der Waals surface area contributed by atoms with E-state index in [1.807, 2.05) is 6.92 Å². The van der Waals surface area contributed by atoms with Crippen molar-refractivity contribution in [3.8, 4) is 0 Å². The first-order chi connectivity index (χ1) is 12.7. The van der Waals surface area contributed by atoms with Gasteiger partial charge in [0.15, 0.2) is 11.5 Å². The second-order valence-corrected chi connectivity index (χ2v) is 4.84. The molecule has 2 heterocycles. The number of ether oxygens (including phenoxy) is 3. The molecular formula is C15H24N6O6. The van der Waals surface area contributed by atoms with Crippen LogP contribution in [-0.4, -0.2) is 65.1 Å². The summed E-state index contributed by atoms with van der Waals surface area (Å²) < 4.78 is 13.0. The van der Waals surface area contributed by atoms with E-state index in [0.717, 1.165) is 0 Å². The van der Waals surface area contributed by atoms with Crippen molar-refractivity contribution in [2.24, 2.45) is 0 Å². The van der Waals surface area contributed by atoms with Gasteiger partial charge >= 0.3 is 11.9 Å². The van der Waals surface area contributed by atoms with Gasteiger partial charge in [0.1, 0.15) is 24.5 Å². The molecule has 0 fully saturated rings. The summed E-state index contributed by atoms with van der Waals surface area (Å²) in [5, 5.41) is 0. The Morgan fingerprint density at radius 1 is 1.07 bits per heavy atom. The maximum absolute atomic E-state index is 10.5. The average Bonchev–Trinajstić information content (AvgIpc) is 3.05. The highest BCUT2D eigenvalue weighted by Crippen LogP contribution is 2.12. The lowest BCUT2D eigenvalue weighted by atomic mass is 10.4. The standard InChI is InChI=1S/C6H10O5.C5H6N6.C4H8O/c1-9-3-5(7)11-6(8)4-10-2;6-3-2-4(9-1-8-2)11-5(7)10-3;1-3-4(2)5/h3-4H2,1-2H3;1H,(H5,6,7,8,9,10,11);3H2,1-2H3. The van der Waals surface area contributed by atoms with Crippen LogP contribution in [0.5, 0.6) is 0 Å². The lowest BCUT2D eigenvalue weighted by Crippen LogP contribution is -2.19. The number of nitrogens with one attached hydrogen (secondary N) is 1. The van der Waals surface area contributed by atoms with Gasteiger partial charge in [-0.25, -0.2) is 14.6 Å². The van der Waals surface area contributed by atoms with Crippen LogP contribution in [0.1, 0.15) is 20.3 Å². The summed E-state index contributed by atoms with van der Waals surface area (Å²) in [6.07, 6.45) is 2.16. The minimum Gasteiger partial charge on any atom is -0.390 e. The Hall–Kier alpha value is -3.12. The van der Waals surface area contributed by atoms with Crippen molar-refractivity contribution in [2.45, 2.75) is 20.3 Å². The highest BCUT2D eigenvalue weighted by atomic mass is 16.6. The number of nitrogens with two attached hydrogens (primary N) is 2. The van der Waals surface area contributed by atoms with Crippen molar-refractivity contribution in [2.75, 3.05) is 38.9 Å². The number of nitrogens with zero attached hydrogens (tertiary/aromatic N) is 3. The maximum atomic E-state index is 10.5. The van der Waals surface area contributed by atoms with Gasteiger partial charge in [0.2, 0.25) is 5.95 Å². The van der Waals surface area contributed by atoms with Crippen LogP contribution in [0.4, 0.5) is 11.8 Å². The summed E-state index contributed by atoms with van der Waals surface area (Å²) >= 11 is 0. The first kappa shape index (κ1) is 23.9. The molecule has 0 radical (unpaired) electrons. The van der Waals surface area contributed by atoms with Crippen LogP contribution >= 0.6 is 0 Å². The second-order valence-electron chi connectivity index (χ2n) is 4.84. The topological polar surface area (TPSA) is 185 Å². The van der Waals surface area contributed by atoms with E-state index in [9.17, 15) is 14.4 Å². The molecule has 0 spiro atoms. The molecule has 27 heavy (non-hydrogen) atoms. The highest BCUT2D eigenvalue weighted by Gasteiger charge is 2.08. The monoisotopic (exact) mass is 384 g/mol. The van der Waals surface area contributed by atoms with E-state index in [1.165, 1.54) is 20.5 Å². The summed E-state index contributed by atoms with van der Waals surface area (Å²) in [7, 11) is 2.67. The molecule has 0 atom stereocenters. The van der Waals surface area contributed by atoms with Gasteiger partial charge in [0.25, 0.3) is 0 Å². The number of carbonyl (C=O) groups is 3.